The number of aliphatic hydroxyl groups is 2. The number of halogens is 4. The van der Waals surface area contributed by atoms with Crippen LogP contribution in [0.5, 0.6) is 0 Å². The molecule has 0 bridgehead atoms. The quantitative estimate of drug-likeness (QED) is 0.338. The van der Waals surface area contributed by atoms with Crippen LogP contribution in [0, 0.1) is 10.1 Å². The molecule has 0 spiro atoms. The zero-order chi connectivity index (χ0) is 20.2. The van der Waals surface area contributed by atoms with E-state index < -0.39 is 41.1 Å². The predicted octanol–water partition coefficient (Wildman–Crippen LogP) is 3.67. The van der Waals surface area contributed by atoms with Gasteiger partial charge in [-0.3, -0.25) is 10.1 Å². The van der Waals surface area contributed by atoms with Gasteiger partial charge >= 0.3 is 11.9 Å². The van der Waals surface area contributed by atoms with Crippen LogP contribution in [-0.2, 0) is 6.18 Å². The summed E-state index contributed by atoms with van der Waals surface area (Å²) in [5.74, 6) is -0.263. The monoisotopic (exact) mass is 449 g/mol. The number of aliphatic hydroxyl groups excluding tert-OH is 2. The predicted molar refractivity (Wildman–Crippen MR) is 94.1 cm³/mol. The minimum atomic E-state index is -4.67. The fourth-order valence-electron chi connectivity index (χ4n) is 2.52. The summed E-state index contributed by atoms with van der Waals surface area (Å²) in [6.07, 6.45) is -6.33. The highest BCUT2D eigenvalue weighted by atomic mass is 79.9. The summed E-state index contributed by atoms with van der Waals surface area (Å²) >= 11 is 3.06. The van der Waals surface area contributed by atoms with Crippen molar-refractivity contribution in [2.75, 3.05) is 11.9 Å². The first kappa shape index (κ1) is 21.1. The van der Waals surface area contributed by atoms with Crippen molar-refractivity contribution >= 4 is 27.4 Å². The van der Waals surface area contributed by atoms with E-state index in [0.29, 0.717) is 0 Å². The summed E-state index contributed by atoms with van der Waals surface area (Å²) in [4.78, 5) is 14.4. The van der Waals surface area contributed by atoms with Crippen molar-refractivity contribution < 1.29 is 28.3 Å². The van der Waals surface area contributed by atoms with Crippen LogP contribution in [-0.4, -0.2) is 32.8 Å². The highest BCUT2D eigenvalue weighted by Gasteiger charge is 2.36. The number of nitrogens with one attached hydrogen (secondary N) is 1. The summed E-state index contributed by atoms with van der Waals surface area (Å²) in [5.41, 5.74) is -1.62. The highest BCUT2D eigenvalue weighted by molar-refractivity contribution is 9.10. The third kappa shape index (κ3) is 5.37. The van der Waals surface area contributed by atoms with Crippen molar-refractivity contribution in [2.24, 2.45) is 0 Å². The second-order valence-electron chi connectivity index (χ2n) is 5.61. The molecule has 2 rings (SSSR count). The number of anilines is 1. The summed E-state index contributed by atoms with van der Waals surface area (Å²) in [5, 5.41) is 32.6. The smallest absolute Gasteiger partial charge is 0.394 e. The van der Waals surface area contributed by atoms with Crippen molar-refractivity contribution in [3.63, 3.8) is 0 Å². The van der Waals surface area contributed by atoms with Crippen LogP contribution in [0.1, 0.15) is 23.6 Å². The number of hydrogen-bond acceptors (Lipinski definition) is 6. The minimum Gasteiger partial charge on any atom is -0.394 e. The summed E-state index contributed by atoms with van der Waals surface area (Å²) < 4.78 is 40.3. The standard InChI is InChI=1S/C16H15BrF3N3O4/c17-14-6-5-13(23(26)27)15(22-14)21-12(7-9(25)8-24)10-3-1-2-4-11(10)16(18,19)20/h1-6,9,12,24-25H,7-8H2,(H,21,22). The van der Waals surface area contributed by atoms with E-state index in [0.717, 1.165) is 12.1 Å². The molecule has 11 heteroatoms. The van der Waals surface area contributed by atoms with Crippen LogP contribution in [0.4, 0.5) is 24.7 Å². The van der Waals surface area contributed by atoms with Crippen molar-refractivity contribution in [2.45, 2.75) is 24.7 Å². The second-order valence-corrected chi connectivity index (χ2v) is 6.43. The van der Waals surface area contributed by atoms with E-state index in [4.69, 9.17) is 5.11 Å². The molecule has 27 heavy (non-hydrogen) atoms. The minimum absolute atomic E-state index is 0.228. The first-order valence-electron chi connectivity index (χ1n) is 7.66. The average Bonchev–Trinajstić information content (AvgIpc) is 2.60. The maximum Gasteiger partial charge on any atom is 0.416 e. The zero-order valence-electron chi connectivity index (χ0n) is 13.7. The third-order valence-corrected chi connectivity index (χ3v) is 4.15. The lowest BCUT2D eigenvalue weighted by atomic mass is 9.95. The van der Waals surface area contributed by atoms with Crippen LogP contribution in [0.3, 0.4) is 0 Å². The normalized spacial score (nSPS) is 13.9. The number of nitro groups is 1. The van der Waals surface area contributed by atoms with Gasteiger partial charge < -0.3 is 15.5 Å². The summed E-state index contributed by atoms with van der Waals surface area (Å²) in [6.45, 7) is -0.680. The van der Waals surface area contributed by atoms with Gasteiger partial charge in [-0.15, -0.1) is 0 Å². The highest BCUT2D eigenvalue weighted by Crippen LogP contribution is 2.38. The van der Waals surface area contributed by atoms with Crippen LogP contribution < -0.4 is 5.32 Å². The molecule has 3 N–H and O–H groups in total. The van der Waals surface area contributed by atoms with E-state index in [-0.39, 0.29) is 22.4 Å². The lowest BCUT2D eigenvalue weighted by Crippen LogP contribution is -2.24. The molecule has 0 aliphatic rings. The SMILES string of the molecule is O=[N+]([O-])c1ccc(Br)nc1NC(CC(O)CO)c1ccccc1C(F)(F)F. The van der Waals surface area contributed by atoms with Gasteiger partial charge in [0.2, 0.25) is 5.82 Å². The number of alkyl halides is 3. The molecule has 0 saturated heterocycles. The first-order valence-corrected chi connectivity index (χ1v) is 8.45. The average molecular weight is 450 g/mol. The molecule has 2 aromatic rings. The van der Waals surface area contributed by atoms with E-state index in [9.17, 15) is 28.4 Å². The fourth-order valence-corrected chi connectivity index (χ4v) is 2.83. The molecule has 7 nitrogen and oxygen atoms in total. The van der Waals surface area contributed by atoms with E-state index in [2.05, 4.69) is 26.2 Å². The Hall–Kier alpha value is -2.24. The van der Waals surface area contributed by atoms with E-state index in [1.165, 1.54) is 24.3 Å². The molecule has 1 aromatic carbocycles. The molecule has 0 amide bonds. The Morgan fingerprint density at radius 2 is 1.93 bits per heavy atom. The van der Waals surface area contributed by atoms with Crippen molar-refractivity contribution in [3.05, 3.63) is 62.2 Å². The molecule has 146 valence electrons. The van der Waals surface area contributed by atoms with Crippen LogP contribution in [0.15, 0.2) is 41.0 Å². The molecule has 0 aliphatic carbocycles. The molecule has 1 heterocycles. The number of rotatable bonds is 7. The molecule has 1 aromatic heterocycles. The fraction of sp³-hybridized carbons (Fsp3) is 0.312. The summed E-state index contributed by atoms with van der Waals surface area (Å²) in [7, 11) is 0. The number of benzene rings is 1. The first-order chi connectivity index (χ1) is 12.6. The van der Waals surface area contributed by atoms with E-state index >= 15 is 0 Å². The summed E-state index contributed by atoms with van der Waals surface area (Å²) in [6, 6.07) is 5.95. The second kappa shape index (κ2) is 8.63. The van der Waals surface area contributed by atoms with Crippen LogP contribution in [0.25, 0.3) is 0 Å². The van der Waals surface area contributed by atoms with Gasteiger partial charge in [-0.25, -0.2) is 4.98 Å². The maximum absolute atomic E-state index is 13.4. The lowest BCUT2D eigenvalue weighted by molar-refractivity contribution is -0.384. The number of aromatic nitrogens is 1. The largest absolute Gasteiger partial charge is 0.416 e. The Morgan fingerprint density at radius 3 is 2.52 bits per heavy atom. The Balaban J connectivity index is 2.52. The molecule has 0 radical (unpaired) electrons. The molecular formula is C16H15BrF3N3O4. The van der Waals surface area contributed by atoms with Gasteiger partial charge in [0.1, 0.15) is 4.60 Å². The Labute approximate surface area is 160 Å². The zero-order valence-corrected chi connectivity index (χ0v) is 15.2. The molecule has 2 atom stereocenters. The molecule has 0 fully saturated rings. The van der Waals surface area contributed by atoms with Gasteiger partial charge in [0.05, 0.1) is 29.2 Å². The number of hydrogen-bond donors (Lipinski definition) is 3. The van der Waals surface area contributed by atoms with Gasteiger partial charge in [0.25, 0.3) is 0 Å². The Bertz CT molecular complexity index is 820. The maximum atomic E-state index is 13.4. The van der Waals surface area contributed by atoms with Crippen molar-refractivity contribution in [3.8, 4) is 0 Å². The molecule has 0 saturated carbocycles. The van der Waals surface area contributed by atoms with Crippen molar-refractivity contribution in [1.29, 1.82) is 0 Å². The number of pyridine rings is 1. The topological polar surface area (TPSA) is 109 Å². The van der Waals surface area contributed by atoms with Crippen molar-refractivity contribution in [1.82, 2.24) is 4.98 Å². The van der Waals surface area contributed by atoms with Crippen LogP contribution in [0.2, 0.25) is 0 Å². The molecular weight excluding hydrogens is 435 g/mol. The molecule has 2 unspecified atom stereocenters. The Morgan fingerprint density at radius 1 is 1.26 bits per heavy atom. The van der Waals surface area contributed by atoms with Gasteiger partial charge in [0, 0.05) is 6.07 Å². The lowest BCUT2D eigenvalue weighted by Gasteiger charge is -2.25. The van der Waals surface area contributed by atoms with Gasteiger partial charge in [-0.1, -0.05) is 18.2 Å². The van der Waals surface area contributed by atoms with E-state index in [1.807, 2.05) is 0 Å². The van der Waals surface area contributed by atoms with Gasteiger partial charge in [-0.05, 0) is 40.0 Å². The third-order valence-electron chi connectivity index (χ3n) is 3.71. The molecule has 0 aliphatic heterocycles. The number of nitrogens with zero attached hydrogens (tertiary/aromatic N) is 2. The van der Waals surface area contributed by atoms with Gasteiger partial charge in [-0.2, -0.15) is 13.2 Å². The van der Waals surface area contributed by atoms with Crippen LogP contribution >= 0.6 is 15.9 Å². The van der Waals surface area contributed by atoms with Gasteiger partial charge in [0.15, 0.2) is 0 Å². The van der Waals surface area contributed by atoms with E-state index in [1.54, 1.807) is 0 Å². The Kier molecular flexibility index (Phi) is 6.73.